The zero-order valence-electron chi connectivity index (χ0n) is 20.5. The molecule has 0 saturated carbocycles. The summed E-state index contributed by atoms with van der Waals surface area (Å²) in [6, 6.07) is 5.87. The van der Waals surface area contributed by atoms with E-state index >= 15 is 0 Å². The number of aromatic hydroxyl groups is 1. The summed E-state index contributed by atoms with van der Waals surface area (Å²) in [5, 5.41) is 17.0. The van der Waals surface area contributed by atoms with Crippen molar-refractivity contribution in [2.45, 2.75) is 33.7 Å². The molecular formula is C25H36FN5O2. The van der Waals surface area contributed by atoms with Crippen LogP contribution in [0.4, 0.5) is 4.39 Å². The summed E-state index contributed by atoms with van der Waals surface area (Å²) in [5.41, 5.74) is 3.55. The molecule has 2 rings (SSSR count). The molecule has 1 aliphatic rings. The Hall–Kier alpha value is -2.97. The number of nitrogens with zero attached hydrogens (tertiary/aromatic N) is 3. The predicted octanol–water partition coefficient (Wildman–Crippen LogP) is 3.18. The van der Waals surface area contributed by atoms with Gasteiger partial charge in [-0.25, -0.2) is 4.39 Å². The van der Waals surface area contributed by atoms with Crippen LogP contribution in [0.5, 0.6) is 5.88 Å². The van der Waals surface area contributed by atoms with Gasteiger partial charge in [-0.15, -0.1) is 0 Å². The van der Waals surface area contributed by atoms with Crippen molar-refractivity contribution in [3.05, 3.63) is 58.2 Å². The average molecular weight is 458 g/mol. The number of aliphatic imine (C=N–C) groups is 1. The van der Waals surface area contributed by atoms with Crippen LogP contribution in [0.15, 0.2) is 46.1 Å². The third kappa shape index (κ3) is 7.27. The number of hydrogen-bond donors (Lipinski definition) is 3. The molecule has 7 nitrogen and oxygen atoms in total. The van der Waals surface area contributed by atoms with Gasteiger partial charge in [0.05, 0.1) is 17.0 Å². The molecule has 0 atom stereocenters. The summed E-state index contributed by atoms with van der Waals surface area (Å²) in [4.78, 5) is 19.3. The van der Waals surface area contributed by atoms with Crippen LogP contribution in [0.1, 0.15) is 31.5 Å². The minimum Gasteiger partial charge on any atom is -0.494 e. The van der Waals surface area contributed by atoms with Gasteiger partial charge in [-0.1, -0.05) is 0 Å². The van der Waals surface area contributed by atoms with Crippen LogP contribution >= 0.6 is 0 Å². The van der Waals surface area contributed by atoms with E-state index in [9.17, 15) is 14.3 Å². The van der Waals surface area contributed by atoms with Crippen LogP contribution in [0.3, 0.4) is 0 Å². The summed E-state index contributed by atoms with van der Waals surface area (Å²) >= 11 is 0. The highest BCUT2D eigenvalue weighted by Crippen LogP contribution is 2.29. The molecule has 1 amide bonds. The minimum atomic E-state index is -0.420. The van der Waals surface area contributed by atoms with E-state index < -0.39 is 5.82 Å². The van der Waals surface area contributed by atoms with Crippen molar-refractivity contribution in [2.24, 2.45) is 4.99 Å². The Balaban J connectivity index is 2.54. The van der Waals surface area contributed by atoms with Crippen molar-refractivity contribution < 1.29 is 14.3 Å². The quantitative estimate of drug-likeness (QED) is 0.498. The molecule has 1 aromatic rings. The largest absolute Gasteiger partial charge is 0.494 e. The van der Waals surface area contributed by atoms with Gasteiger partial charge in [0, 0.05) is 30.9 Å². The third-order valence-corrected chi connectivity index (χ3v) is 5.42. The summed E-state index contributed by atoms with van der Waals surface area (Å²) in [7, 11) is 5.81. The molecule has 3 N–H and O–H groups in total. The molecule has 0 radical (unpaired) electrons. The molecule has 2 heterocycles. The SMILES string of the molecule is CNCCNC(=O)C1=C(C)C(=Cc2ccc(F)ccc(C)n(CCCN(C)C)c2O)N=C1C. The number of nitrogens with one attached hydrogen (secondary N) is 2. The number of carbonyl (C=O) groups is 1. The molecule has 0 unspecified atom stereocenters. The van der Waals surface area contributed by atoms with Gasteiger partial charge in [-0.2, -0.15) is 0 Å². The minimum absolute atomic E-state index is 0.0157. The molecule has 33 heavy (non-hydrogen) atoms. The fourth-order valence-corrected chi connectivity index (χ4v) is 3.58. The van der Waals surface area contributed by atoms with Crippen molar-refractivity contribution in [3.8, 4) is 5.88 Å². The number of halogens is 1. The molecule has 0 aliphatic carbocycles. The number of likely N-dealkylation sites (N-methyl/N-ethyl adjacent to an activating group) is 1. The van der Waals surface area contributed by atoms with Crippen LogP contribution in [-0.4, -0.2) is 67.0 Å². The summed E-state index contributed by atoms with van der Waals surface area (Å²) in [6.07, 6.45) is 2.51. The first-order chi connectivity index (χ1) is 15.6. The van der Waals surface area contributed by atoms with E-state index in [2.05, 4.69) is 20.5 Å². The van der Waals surface area contributed by atoms with Gasteiger partial charge in [0.1, 0.15) is 5.82 Å². The topological polar surface area (TPSA) is 81.9 Å². The van der Waals surface area contributed by atoms with Crippen molar-refractivity contribution in [3.63, 3.8) is 0 Å². The Morgan fingerprint density at radius 2 is 1.88 bits per heavy atom. The smallest absolute Gasteiger partial charge is 0.253 e. The van der Waals surface area contributed by atoms with Crippen molar-refractivity contribution in [2.75, 3.05) is 40.8 Å². The second-order valence-electron chi connectivity index (χ2n) is 8.37. The number of rotatable bonds is 9. The fourth-order valence-electron chi connectivity index (χ4n) is 3.58. The maximum absolute atomic E-state index is 14.2. The van der Waals surface area contributed by atoms with E-state index in [1.165, 1.54) is 18.2 Å². The first-order valence-corrected chi connectivity index (χ1v) is 11.1. The normalized spacial score (nSPS) is 14.7. The van der Waals surface area contributed by atoms with Gasteiger partial charge in [-0.3, -0.25) is 9.79 Å². The Kier molecular flexibility index (Phi) is 9.81. The van der Waals surface area contributed by atoms with E-state index in [1.807, 2.05) is 35.0 Å². The number of hydrogen-bond acceptors (Lipinski definition) is 5. The van der Waals surface area contributed by atoms with E-state index in [4.69, 9.17) is 0 Å². The van der Waals surface area contributed by atoms with Crippen LogP contribution < -0.4 is 10.6 Å². The molecule has 0 bridgehead atoms. The standard InChI is InChI=1S/C25H36FN5O2/c1-17-8-10-21(26)11-9-20(25(33)31(17)15-7-14-30(5)6)16-22-18(2)23(19(3)29-22)24(32)28-13-12-27-4/h8-11,16,27,33H,7,12-15H2,1-6H3,(H,28,32). The number of amides is 1. The van der Waals surface area contributed by atoms with Gasteiger partial charge in [0.25, 0.3) is 5.91 Å². The molecule has 1 aromatic heterocycles. The first-order valence-electron chi connectivity index (χ1n) is 11.1. The van der Waals surface area contributed by atoms with Gasteiger partial charge in [0.2, 0.25) is 0 Å². The van der Waals surface area contributed by atoms with Crippen molar-refractivity contribution >= 4 is 17.7 Å². The second-order valence-corrected chi connectivity index (χ2v) is 8.37. The van der Waals surface area contributed by atoms with Crippen LogP contribution in [0, 0.1) is 12.7 Å². The molecule has 0 spiro atoms. The number of aromatic nitrogens is 1. The lowest BCUT2D eigenvalue weighted by atomic mass is 10.0. The molecule has 0 aromatic carbocycles. The Bertz CT molecular complexity index is 1020. The monoisotopic (exact) mass is 457 g/mol. The Morgan fingerprint density at radius 1 is 1.18 bits per heavy atom. The van der Waals surface area contributed by atoms with E-state index in [0.717, 1.165) is 18.7 Å². The lowest BCUT2D eigenvalue weighted by Gasteiger charge is -2.15. The second kappa shape index (κ2) is 12.3. The lowest BCUT2D eigenvalue weighted by molar-refractivity contribution is -0.117. The highest BCUT2D eigenvalue weighted by atomic mass is 19.1. The highest BCUT2D eigenvalue weighted by Gasteiger charge is 2.23. The van der Waals surface area contributed by atoms with E-state index in [-0.39, 0.29) is 11.8 Å². The highest BCUT2D eigenvalue weighted by molar-refractivity contribution is 6.24. The van der Waals surface area contributed by atoms with Gasteiger partial charge >= 0.3 is 0 Å². The van der Waals surface area contributed by atoms with Crippen molar-refractivity contribution in [1.82, 2.24) is 20.1 Å². The summed E-state index contributed by atoms with van der Waals surface area (Å²) in [5.74, 6) is -0.591. The zero-order valence-corrected chi connectivity index (χ0v) is 20.5. The van der Waals surface area contributed by atoms with E-state index in [0.29, 0.717) is 47.8 Å². The maximum Gasteiger partial charge on any atom is 0.253 e. The number of allylic oxidation sites excluding steroid dienone is 1. The van der Waals surface area contributed by atoms with E-state index in [1.54, 1.807) is 23.6 Å². The Morgan fingerprint density at radius 3 is 2.55 bits per heavy atom. The lowest BCUT2D eigenvalue weighted by Crippen LogP contribution is -2.32. The molecule has 0 saturated heterocycles. The molecule has 8 heteroatoms. The molecule has 180 valence electrons. The van der Waals surface area contributed by atoms with Gasteiger partial charge in [0.15, 0.2) is 5.88 Å². The predicted molar refractivity (Wildman–Crippen MR) is 132 cm³/mol. The van der Waals surface area contributed by atoms with Gasteiger partial charge in [-0.05, 0) is 90.8 Å². The molecule has 0 fully saturated rings. The van der Waals surface area contributed by atoms with Crippen LogP contribution in [0.2, 0.25) is 0 Å². The Labute approximate surface area is 196 Å². The summed E-state index contributed by atoms with van der Waals surface area (Å²) < 4.78 is 16.0. The zero-order chi connectivity index (χ0) is 24.5. The molecule has 1 aliphatic heterocycles. The summed E-state index contributed by atoms with van der Waals surface area (Å²) in [6.45, 7) is 8.04. The van der Waals surface area contributed by atoms with Crippen LogP contribution in [0.25, 0.3) is 6.08 Å². The number of aryl methyl sites for hydroxylation is 1. The molecular weight excluding hydrogens is 421 g/mol. The van der Waals surface area contributed by atoms with Gasteiger partial charge < -0.3 is 25.2 Å². The number of carbonyl (C=O) groups excluding carboxylic acids is 1. The third-order valence-electron chi connectivity index (χ3n) is 5.42. The maximum atomic E-state index is 14.2. The fraction of sp³-hybridized carbons (Fsp3) is 0.440. The van der Waals surface area contributed by atoms with Crippen LogP contribution in [-0.2, 0) is 11.3 Å². The first kappa shape index (κ1) is 26.3. The van der Waals surface area contributed by atoms with Crippen molar-refractivity contribution in [1.29, 1.82) is 0 Å². The average Bonchev–Trinajstić information content (AvgIpc) is 3.05.